The van der Waals surface area contributed by atoms with E-state index in [1.807, 2.05) is 53.0 Å². The summed E-state index contributed by atoms with van der Waals surface area (Å²) in [5, 5.41) is 0.716. The summed E-state index contributed by atoms with van der Waals surface area (Å²) in [5.74, 6) is 0.0747. The minimum absolute atomic E-state index is 0.0747. The largest absolute Gasteiger partial charge is 0.345 e. The van der Waals surface area contributed by atoms with Crippen LogP contribution in [0, 0.1) is 0 Å². The molecule has 21 heavy (non-hydrogen) atoms. The average Bonchev–Trinajstić information content (AvgIpc) is 3.04. The highest BCUT2D eigenvalue weighted by Gasteiger charge is 2.31. The fourth-order valence-electron chi connectivity index (χ4n) is 2.95. The van der Waals surface area contributed by atoms with Crippen LogP contribution in [-0.2, 0) is 7.05 Å². The Morgan fingerprint density at radius 1 is 1.38 bits per heavy atom. The smallest absolute Gasteiger partial charge is 0.271 e. The fraction of sp³-hybridized carbons (Fsp3) is 0.312. The van der Waals surface area contributed by atoms with Gasteiger partial charge in [0, 0.05) is 29.3 Å². The van der Waals surface area contributed by atoms with Gasteiger partial charge in [-0.1, -0.05) is 23.7 Å². The Bertz CT molecular complexity index is 683. The van der Waals surface area contributed by atoms with Crippen molar-refractivity contribution in [1.29, 1.82) is 0 Å². The van der Waals surface area contributed by atoms with Gasteiger partial charge in [-0.2, -0.15) is 0 Å². The molecule has 1 aromatic heterocycles. The molecule has 3 nitrogen and oxygen atoms in total. The number of carbonyl (C=O) groups excluding carboxylic acids is 1. The van der Waals surface area contributed by atoms with E-state index < -0.39 is 0 Å². The zero-order chi connectivity index (χ0) is 15.0. The zero-order valence-corrected chi connectivity index (χ0v) is 14.1. The Balaban J connectivity index is 1.90. The van der Waals surface area contributed by atoms with E-state index in [0.29, 0.717) is 10.7 Å². The first kappa shape index (κ1) is 14.7. The highest BCUT2D eigenvalue weighted by molar-refractivity contribution is 9.10. The maximum absolute atomic E-state index is 12.8. The number of hydrogen-bond donors (Lipinski definition) is 0. The summed E-state index contributed by atoms with van der Waals surface area (Å²) >= 11 is 9.50. The molecule has 2 heterocycles. The molecule has 0 aliphatic carbocycles. The highest BCUT2D eigenvalue weighted by atomic mass is 79.9. The Labute approximate surface area is 137 Å². The van der Waals surface area contributed by atoms with Crippen LogP contribution in [-0.4, -0.2) is 21.9 Å². The molecule has 0 radical (unpaired) electrons. The lowest BCUT2D eigenvalue weighted by molar-refractivity contribution is 0.0726. The number of nitrogens with zero attached hydrogens (tertiary/aromatic N) is 2. The second-order valence-electron chi connectivity index (χ2n) is 5.37. The van der Waals surface area contributed by atoms with Crippen LogP contribution in [0.15, 0.2) is 41.0 Å². The molecule has 1 atom stereocenters. The van der Waals surface area contributed by atoms with Crippen molar-refractivity contribution < 1.29 is 4.79 Å². The molecule has 5 heteroatoms. The molecule has 1 amide bonds. The van der Waals surface area contributed by atoms with Crippen molar-refractivity contribution in [3.63, 3.8) is 0 Å². The van der Waals surface area contributed by atoms with Gasteiger partial charge in [0.25, 0.3) is 5.91 Å². The van der Waals surface area contributed by atoms with Crippen LogP contribution in [0.4, 0.5) is 0 Å². The number of halogens is 2. The van der Waals surface area contributed by atoms with Crippen LogP contribution in [0.1, 0.15) is 34.9 Å². The maximum Gasteiger partial charge on any atom is 0.271 e. The first-order valence-corrected chi connectivity index (χ1v) is 8.11. The van der Waals surface area contributed by atoms with E-state index in [2.05, 4.69) is 15.9 Å². The maximum atomic E-state index is 12.8. The van der Waals surface area contributed by atoms with Crippen LogP contribution in [0.2, 0.25) is 5.02 Å². The number of hydrogen-bond acceptors (Lipinski definition) is 1. The van der Waals surface area contributed by atoms with Crippen LogP contribution >= 0.6 is 27.5 Å². The Hall–Kier alpha value is -1.26. The molecule has 0 N–H and O–H groups in total. The van der Waals surface area contributed by atoms with Crippen LogP contribution < -0.4 is 0 Å². The second-order valence-corrected chi connectivity index (χ2v) is 6.72. The molecule has 1 saturated heterocycles. The third-order valence-electron chi connectivity index (χ3n) is 3.94. The van der Waals surface area contributed by atoms with Crippen molar-refractivity contribution in [2.24, 2.45) is 7.05 Å². The minimum Gasteiger partial charge on any atom is -0.345 e. The number of likely N-dealkylation sites (tertiary alicyclic amines) is 1. The SMILES string of the molecule is Cn1cc(Br)cc1C(=O)N1CCCC1c1cccc(Cl)c1. The molecular weight excluding hydrogens is 352 g/mol. The third-order valence-corrected chi connectivity index (χ3v) is 4.61. The summed E-state index contributed by atoms with van der Waals surface area (Å²) in [6.45, 7) is 0.790. The third kappa shape index (κ3) is 2.87. The Kier molecular flexibility index (Phi) is 4.09. The molecule has 110 valence electrons. The fourth-order valence-corrected chi connectivity index (χ4v) is 3.68. The van der Waals surface area contributed by atoms with E-state index in [0.717, 1.165) is 29.4 Å². The molecule has 1 unspecified atom stereocenters. The molecular formula is C16H16BrClN2O. The van der Waals surface area contributed by atoms with Crippen LogP contribution in [0.3, 0.4) is 0 Å². The number of amides is 1. The lowest BCUT2D eigenvalue weighted by Gasteiger charge is -2.25. The van der Waals surface area contributed by atoms with Gasteiger partial charge in [-0.3, -0.25) is 4.79 Å². The van der Waals surface area contributed by atoms with Gasteiger partial charge in [-0.15, -0.1) is 0 Å². The second kappa shape index (κ2) is 5.85. The number of aromatic nitrogens is 1. The summed E-state index contributed by atoms with van der Waals surface area (Å²) in [4.78, 5) is 14.8. The predicted octanol–water partition coefficient (Wildman–Crippen LogP) is 4.42. The van der Waals surface area contributed by atoms with E-state index in [4.69, 9.17) is 11.6 Å². The van der Waals surface area contributed by atoms with Crippen molar-refractivity contribution in [3.8, 4) is 0 Å². The van der Waals surface area contributed by atoms with Crippen molar-refractivity contribution in [1.82, 2.24) is 9.47 Å². The lowest BCUT2D eigenvalue weighted by atomic mass is 10.0. The van der Waals surface area contributed by atoms with E-state index in [1.165, 1.54) is 0 Å². The van der Waals surface area contributed by atoms with E-state index in [-0.39, 0.29) is 11.9 Å². The van der Waals surface area contributed by atoms with Crippen molar-refractivity contribution in [3.05, 3.63) is 57.3 Å². The molecule has 0 saturated carbocycles. The summed E-state index contributed by atoms with van der Waals surface area (Å²) in [6.07, 6.45) is 3.91. The molecule has 1 aromatic carbocycles. The number of carbonyl (C=O) groups is 1. The molecule has 0 spiro atoms. The summed E-state index contributed by atoms with van der Waals surface area (Å²) in [6, 6.07) is 9.79. The Morgan fingerprint density at radius 2 is 2.19 bits per heavy atom. The van der Waals surface area contributed by atoms with Crippen molar-refractivity contribution in [2.45, 2.75) is 18.9 Å². The van der Waals surface area contributed by atoms with Gasteiger partial charge in [0.15, 0.2) is 0 Å². The van der Waals surface area contributed by atoms with Crippen LogP contribution in [0.5, 0.6) is 0 Å². The van der Waals surface area contributed by atoms with Gasteiger partial charge < -0.3 is 9.47 Å². The summed E-state index contributed by atoms with van der Waals surface area (Å²) < 4.78 is 2.78. The highest BCUT2D eigenvalue weighted by Crippen LogP contribution is 2.34. The predicted molar refractivity (Wildman–Crippen MR) is 87.6 cm³/mol. The number of aryl methyl sites for hydroxylation is 1. The minimum atomic E-state index is 0.0747. The normalized spacial score (nSPS) is 18.2. The number of benzene rings is 1. The van der Waals surface area contributed by atoms with E-state index in [9.17, 15) is 4.79 Å². The van der Waals surface area contributed by atoms with Crippen LogP contribution in [0.25, 0.3) is 0 Å². The Morgan fingerprint density at radius 3 is 2.86 bits per heavy atom. The van der Waals surface area contributed by atoms with Gasteiger partial charge >= 0.3 is 0 Å². The first-order valence-electron chi connectivity index (χ1n) is 6.94. The molecule has 0 bridgehead atoms. The summed E-state index contributed by atoms with van der Waals surface area (Å²) in [5.41, 5.74) is 1.82. The first-order chi connectivity index (χ1) is 10.1. The van der Waals surface area contributed by atoms with E-state index in [1.54, 1.807) is 0 Å². The summed E-state index contributed by atoms with van der Waals surface area (Å²) in [7, 11) is 1.89. The monoisotopic (exact) mass is 366 g/mol. The van der Waals surface area contributed by atoms with Gasteiger partial charge in [0.1, 0.15) is 5.69 Å². The molecule has 1 aliphatic rings. The van der Waals surface area contributed by atoms with Crippen molar-refractivity contribution in [2.75, 3.05) is 6.54 Å². The topological polar surface area (TPSA) is 25.2 Å². The zero-order valence-electron chi connectivity index (χ0n) is 11.7. The molecule has 2 aromatic rings. The average molecular weight is 368 g/mol. The van der Waals surface area contributed by atoms with Gasteiger partial charge in [-0.25, -0.2) is 0 Å². The van der Waals surface area contributed by atoms with Crippen molar-refractivity contribution >= 4 is 33.4 Å². The van der Waals surface area contributed by atoms with Gasteiger partial charge in [0.05, 0.1) is 6.04 Å². The molecule has 3 rings (SSSR count). The standard InChI is InChI=1S/C16H16BrClN2O/c1-19-10-12(17)9-15(19)16(21)20-7-3-6-14(20)11-4-2-5-13(18)8-11/h2,4-5,8-10,14H,3,6-7H2,1H3. The van der Waals surface area contributed by atoms with Gasteiger partial charge in [-0.05, 0) is 52.5 Å². The van der Waals surface area contributed by atoms with Gasteiger partial charge in [0.2, 0.25) is 0 Å². The molecule has 1 fully saturated rings. The van der Waals surface area contributed by atoms with E-state index >= 15 is 0 Å². The lowest BCUT2D eigenvalue weighted by Crippen LogP contribution is -2.31. The number of rotatable bonds is 2. The quantitative estimate of drug-likeness (QED) is 0.771. The molecule has 1 aliphatic heterocycles.